The molecule has 0 fully saturated rings. The molecular formula is C16H16ClNO3. The molecule has 1 amide bonds. The van der Waals surface area contributed by atoms with Gasteiger partial charge in [0.15, 0.2) is 6.10 Å². The lowest BCUT2D eigenvalue weighted by atomic mass is 10.2. The fourth-order valence-electron chi connectivity index (χ4n) is 1.75. The normalized spacial score (nSPS) is 11.8. The highest BCUT2D eigenvalue weighted by Crippen LogP contribution is 2.26. The molecule has 0 spiro atoms. The smallest absolute Gasteiger partial charge is 0.265 e. The standard InChI is InChI=1S/C16H16ClNO3/c1-11(16(20)18-13-5-3-2-4-6-13)21-15-8-7-12(10-19)9-14(15)17/h2-9,11,19H,10H2,1H3,(H,18,20). The number of ether oxygens (including phenoxy) is 1. The summed E-state index contributed by atoms with van der Waals surface area (Å²) >= 11 is 6.05. The number of aliphatic hydroxyl groups excluding tert-OH is 1. The second-order valence-corrected chi connectivity index (χ2v) is 4.95. The maximum Gasteiger partial charge on any atom is 0.265 e. The maximum atomic E-state index is 12.0. The summed E-state index contributed by atoms with van der Waals surface area (Å²) in [6, 6.07) is 14.1. The highest BCUT2D eigenvalue weighted by molar-refractivity contribution is 6.32. The average Bonchev–Trinajstić information content (AvgIpc) is 2.50. The Kier molecular flexibility index (Phi) is 5.20. The van der Waals surface area contributed by atoms with Crippen molar-refractivity contribution in [1.82, 2.24) is 0 Å². The third-order valence-electron chi connectivity index (χ3n) is 2.89. The molecule has 0 saturated heterocycles. The van der Waals surface area contributed by atoms with Crippen molar-refractivity contribution in [1.29, 1.82) is 0 Å². The van der Waals surface area contributed by atoms with Crippen molar-refractivity contribution in [3.8, 4) is 5.75 Å². The summed E-state index contributed by atoms with van der Waals surface area (Å²) in [4.78, 5) is 12.0. The zero-order chi connectivity index (χ0) is 15.2. The SMILES string of the molecule is CC(Oc1ccc(CO)cc1Cl)C(=O)Nc1ccccc1. The van der Waals surface area contributed by atoms with Crippen LogP contribution >= 0.6 is 11.6 Å². The van der Waals surface area contributed by atoms with Crippen LogP contribution in [-0.2, 0) is 11.4 Å². The van der Waals surface area contributed by atoms with E-state index in [9.17, 15) is 4.79 Å². The number of aliphatic hydroxyl groups is 1. The van der Waals surface area contributed by atoms with Crippen molar-refractivity contribution in [3.63, 3.8) is 0 Å². The van der Waals surface area contributed by atoms with E-state index >= 15 is 0 Å². The van der Waals surface area contributed by atoms with Crippen molar-refractivity contribution < 1.29 is 14.6 Å². The number of para-hydroxylation sites is 1. The van der Waals surface area contributed by atoms with Crippen LogP contribution in [0.15, 0.2) is 48.5 Å². The summed E-state index contributed by atoms with van der Waals surface area (Å²) in [7, 11) is 0. The topological polar surface area (TPSA) is 58.6 Å². The van der Waals surface area contributed by atoms with E-state index in [0.717, 1.165) is 0 Å². The first kappa shape index (κ1) is 15.4. The van der Waals surface area contributed by atoms with E-state index in [1.807, 2.05) is 18.2 Å². The van der Waals surface area contributed by atoms with Gasteiger partial charge < -0.3 is 15.2 Å². The van der Waals surface area contributed by atoms with Crippen LogP contribution in [0.25, 0.3) is 0 Å². The van der Waals surface area contributed by atoms with E-state index in [-0.39, 0.29) is 12.5 Å². The minimum absolute atomic E-state index is 0.0932. The molecule has 0 bridgehead atoms. The summed E-state index contributed by atoms with van der Waals surface area (Å²) < 4.78 is 5.55. The molecule has 1 unspecified atom stereocenters. The first-order valence-electron chi connectivity index (χ1n) is 6.52. The molecule has 2 aromatic carbocycles. The van der Waals surface area contributed by atoms with Crippen molar-refractivity contribution >= 4 is 23.2 Å². The molecule has 1 atom stereocenters. The van der Waals surface area contributed by atoms with Crippen LogP contribution in [0.3, 0.4) is 0 Å². The first-order valence-corrected chi connectivity index (χ1v) is 6.90. The molecule has 5 heteroatoms. The molecule has 0 saturated carbocycles. The molecule has 2 aromatic rings. The van der Waals surface area contributed by atoms with E-state index < -0.39 is 6.10 Å². The van der Waals surface area contributed by atoms with Gasteiger partial charge in [0.1, 0.15) is 5.75 Å². The van der Waals surface area contributed by atoms with Gasteiger partial charge in [-0.2, -0.15) is 0 Å². The van der Waals surface area contributed by atoms with Gasteiger partial charge in [0.05, 0.1) is 11.6 Å². The Morgan fingerprint density at radius 1 is 1.29 bits per heavy atom. The molecule has 0 aromatic heterocycles. The Morgan fingerprint density at radius 2 is 2.00 bits per heavy atom. The van der Waals surface area contributed by atoms with Crippen LogP contribution in [-0.4, -0.2) is 17.1 Å². The number of hydrogen-bond donors (Lipinski definition) is 2. The Bertz CT molecular complexity index is 616. The molecule has 0 aliphatic heterocycles. The molecule has 0 radical (unpaired) electrons. The second kappa shape index (κ2) is 7.11. The van der Waals surface area contributed by atoms with Gasteiger partial charge in [-0.25, -0.2) is 0 Å². The predicted molar refractivity (Wildman–Crippen MR) is 82.5 cm³/mol. The largest absolute Gasteiger partial charge is 0.479 e. The van der Waals surface area contributed by atoms with Crippen LogP contribution in [0.5, 0.6) is 5.75 Å². The van der Waals surface area contributed by atoms with E-state index in [1.165, 1.54) is 0 Å². The number of amides is 1. The van der Waals surface area contributed by atoms with E-state index in [0.29, 0.717) is 22.0 Å². The quantitative estimate of drug-likeness (QED) is 0.891. The van der Waals surface area contributed by atoms with Crippen molar-refractivity contribution in [2.45, 2.75) is 19.6 Å². The molecule has 0 aliphatic carbocycles. The van der Waals surface area contributed by atoms with Gasteiger partial charge in [0.2, 0.25) is 0 Å². The van der Waals surface area contributed by atoms with Gasteiger partial charge >= 0.3 is 0 Å². The van der Waals surface area contributed by atoms with Gasteiger partial charge in [0, 0.05) is 5.69 Å². The lowest BCUT2D eigenvalue weighted by Gasteiger charge is -2.16. The molecule has 21 heavy (non-hydrogen) atoms. The van der Waals surface area contributed by atoms with Crippen molar-refractivity contribution in [2.24, 2.45) is 0 Å². The maximum absolute atomic E-state index is 12.0. The number of carbonyl (C=O) groups is 1. The third kappa shape index (κ3) is 4.21. The summed E-state index contributed by atoms with van der Waals surface area (Å²) in [5.74, 6) is 0.146. The zero-order valence-corrected chi connectivity index (χ0v) is 12.3. The number of carbonyl (C=O) groups excluding carboxylic acids is 1. The van der Waals surface area contributed by atoms with Crippen LogP contribution in [0.4, 0.5) is 5.69 Å². The van der Waals surface area contributed by atoms with E-state index in [2.05, 4.69) is 5.32 Å². The Labute approximate surface area is 128 Å². The zero-order valence-electron chi connectivity index (χ0n) is 11.5. The summed E-state index contributed by atoms with van der Waals surface area (Å²) in [5.41, 5.74) is 1.40. The number of benzene rings is 2. The Balaban J connectivity index is 2.00. The lowest BCUT2D eigenvalue weighted by molar-refractivity contribution is -0.122. The van der Waals surface area contributed by atoms with Gasteiger partial charge in [-0.3, -0.25) is 4.79 Å². The van der Waals surface area contributed by atoms with Crippen LogP contribution in [0.1, 0.15) is 12.5 Å². The Hall–Kier alpha value is -2.04. The molecule has 0 heterocycles. The van der Waals surface area contributed by atoms with Crippen LogP contribution in [0.2, 0.25) is 5.02 Å². The van der Waals surface area contributed by atoms with Crippen molar-refractivity contribution in [2.75, 3.05) is 5.32 Å². The Morgan fingerprint density at radius 3 is 2.62 bits per heavy atom. The highest BCUT2D eigenvalue weighted by Gasteiger charge is 2.16. The minimum atomic E-state index is -0.692. The number of halogens is 1. The molecule has 4 nitrogen and oxygen atoms in total. The number of anilines is 1. The molecule has 2 N–H and O–H groups in total. The summed E-state index contributed by atoms with van der Waals surface area (Å²) in [6.45, 7) is 1.55. The number of hydrogen-bond acceptors (Lipinski definition) is 3. The van der Waals surface area contributed by atoms with Gasteiger partial charge in [-0.05, 0) is 36.8 Å². The lowest BCUT2D eigenvalue weighted by Crippen LogP contribution is -2.30. The van der Waals surface area contributed by atoms with Crippen LogP contribution < -0.4 is 10.1 Å². The summed E-state index contributed by atoms with van der Waals surface area (Å²) in [6.07, 6.45) is -0.692. The molecule has 0 aliphatic rings. The second-order valence-electron chi connectivity index (χ2n) is 4.54. The van der Waals surface area contributed by atoms with E-state index in [4.69, 9.17) is 21.4 Å². The first-order chi connectivity index (χ1) is 10.1. The fraction of sp³-hybridized carbons (Fsp3) is 0.188. The molecule has 110 valence electrons. The van der Waals surface area contributed by atoms with E-state index in [1.54, 1.807) is 37.3 Å². The summed E-state index contributed by atoms with van der Waals surface area (Å²) in [5, 5.41) is 12.1. The van der Waals surface area contributed by atoms with Crippen LogP contribution in [0, 0.1) is 0 Å². The van der Waals surface area contributed by atoms with Gasteiger partial charge in [-0.1, -0.05) is 35.9 Å². The molecule has 2 rings (SSSR count). The molecular weight excluding hydrogens is 290 g/mol. The average molecular weight is 306 g/mol. The fourth-order valence-corrected chi connectivity index (χ4v) is 2.00. The van der Waals surface area contributed by atoms with Crippen molar-refractivity contribution in [3.05, 3.63) is 59.1 Å². The minimum Gasteiger partial charge on any atom is -0.479 e. The number of rotatable bonds is 5. The monoisotopic (exact) mass is 305 g/mol. The third-order valence-corrected chi connectivity index (χ3v) is 3.19. The van der Waals surface area contributed by atoms with Gasteiger partial charge in [-0.15, -0.1) is 0 Å². The van der Waals surface area contributed by atoms with Gasteiger partial charge in [0.25, 0.3) is 5.91 Å². The number of nitrogens with one attached hydrogen (secondary N) is 1. The predicted octanol–water partition coefficient (Wildman–Crippen LogP) is 3.24. The highest BCUT2D eigenvalue weighted by atomic mass is 35.5.